The SMILES string of the molecule is CC(C)(N)CNS(=O)(=O)Cc1ccc([N+](=O)[O-])cc1. The lowest BCUT2D eigenvalue weighted by Gasteiger charge is -2.18. The Balaban J connectivity index is 2.70. The van der Waals surface area contributed by atoms with Crippen LogP contribution in [0.1, 0.15) is 19.4 Å². The maximum absolute atomic E-state index is 11.8. The van der Waals surface area contributed by atoms with Gasteiger partial charge in [0.1, 0.15) is 0 Å². The highest BCUT2D eigenvalue weighted by molar-refractivity contribution is 7.88. The molecule has 1 aromatic carbocycles. The van der Waals surface area contributed by atoms with Crippen LogP contribution in [0.15, 0.2) is 24.3 Å². The third kappa shape index (κ3) is 5.77. The first kappa shape index (κ1) is 15.5. The Morgan fingerprint density at radius 2 is 1.84 bits per heavy atom. The number of rotatable bonds is 6. The summed E-state index contributed by atoms with van der Waals surface area (Å²) in [4.78, 5) is 9.94. The molecule has 0 radical (unpaired) electrons. The molecule has 0 fully saturated rings. The van der Waals surface area contributed by atoms with Crippen molar-refractivity contribution in [1.29, 1.82) is 0 Å². The Morgan fingerprint density at radius 1 is 1.32 bits per heavy atom. The Hall–Kier alpha value is -1.51. The average molecular weight is 287 g/mol. The molecule has 19 heavy (non-hydrogen) atoms. The van der Waals surface area contributed by atoms with Gasteiger partial charge >= 0.3 is 0 Å². The van der Waals surface area contributed by atoms with Gasteiger partial charge in [0.05, 0.1) is 10.7 Å². The number of non-ortho nitro benzene ring substituents is 1. The molecule has 0 saturated heterocycles. The summed E-state index contributed by atoms with van der Waals surface area (Å²) < 4.78 is 25.9. The molecule has 0 amide bonds. The number of benzene rings is 1. The molecule has 0 atom stereocenters. The molecule has 0 spiro atoms. The third-order valence-corrected chi connectivity index (χ3v) is 3.55. The van der Waals surface area contributed by atoms with Crippen molar-refractivity contribution in [3.05, 3.63) is 39.9 Å². The zero-order valence-electron chi connectivity index (χ0n) is 10.8. The van der Waals surface area contributed by atoms with Crippen molar-refractivity contribution in [3.8, 4) is 0 Å². The summed E-state index contributed by atoms with van der Waals surface area (Å²) in [7, 11) is -3.50. The second-order valence-corrected chi connectivity index (χ2v) is 6.80. The fraction of sp³-hybridized carbons (Fsp3) is 0.455. The minimum absolute atomic E-state index is 0.0720. The van der Waals surface area contributed by atoms with E-state index in [0.717, 1.165) is 0 Å². The van der Waals surface area contributed by atoms with Crippen molar-refractivity contribution in [3.63, 3.8) is 0 Å². The number of sulfonamides is 1. The van der Waals surface area contributed by atoms with Crippen LogP contribution >= 0.6 is 0 Å². The van der Waals surface area contributed by atoms with Crippen LogP contribution in [0.5, 0.6) is 0 Å². The van der Waals surface area contributed by atoms with E-state index in [4.69, 9.17) is 5.73 Å². The summed E-state index contributed by atoms with van der Waals surface area (Å²) in [6.07, 6.45) is 0. The molecule has 7 nitrogen and oxygen atoms in total. The molecule has 0 saturated carbocycles. The van der Waals surface area contributed by atoms with Crippen LogP contribution in [-0.2, 0) is 15.8 Å². The van der Waals surface area contributed by atoms with Gasteiger partial charge in [-0.1, -0.05) is 12.1 Å². The molecule has 0 aliphatic heterocycles. The second kappa shape index (κ2) is 5.64. The first-order valence-electron chi connectivity index (χ1n) is 5.59. The number of hydrogen-bond acceptors (Lipinski definition) is 5. The molecular weight excluding hydrogens is 270 g/mol. The van der Waals surface area contributed by atoms with Crippen LogP contribution in [0.25, 0.3) is 0 Å². The summed E-state index contributed by atoms with van der Waals surface area (Å²) in [6, 6.07) is 5.39. The lowest BCUT2D eigenvalue weighted by Crippen LogP contribution is -2.45. The van der Waals surface area contributed by atoms with Crippen LogP contribution in [0.3, 0.4) is 0 Å². The van der Waals surface area contributed by atoms with E-state index in [2.05, 4.69) is 4.72 Å². The molecule has 106 valence electrons. The van der Waals surface area contributed by atoms with Crippen molar-refractivity contribution in [2.45, 2.75) is 25.1 Å². The molecule has 0 unspecified atom stereocenters. The molecule has 0 aromatic heterocycles. The summed E-state index contributed by atoms with van der Waals surface area (Å²) in [5.74, 6) is -0.235. The standard InChI is InChI=1S/C11H17N3O4S/c1-11(2,12)8-13-19(17,18)7-9-3-5-10(6-4-9)14(15)16/h3-6,13H,7-8,12H2,1-2H3. The van der Waals surface area contributed by atoms with Gasteiger partial charge in [-0.25, -0.2) is 13.1 Å². The number of nitrogens with one attached hydrogen (secondary N) is 1. The molecule has 0 heterocycles. The first-order valence-corrected chi connectivity index (χ1v) is 7.24. The Labute approximate surface area is 112 Å². The van der Waals surface area contributed by atoms with E-state index in [1.165, 1.54) is 24.3 Å². The summed E-state index contributed by atoms with van der Waals surface area (Å²) in [5.41, 5.74) is 5.46. The predicted molar refractivity (Wildman–Crippen MR) is 72.0 cm³/mol. The fourth-order valence-electron chi connectivity index (χ4n) is 1.28. The molecule has 0 bridgehead atoms. The summed E-state index contributed by atoms with van der Waals surface area (Å²) >= 11 is 0. The van der Waals surface area contributed by atoms with Crippen LogP contribution in [-0.4, -0.2) is 25.4 Å². The highest BCUT2D eigenvalue weighted by atomic mass is 32.2. The van der Waals surface area contributed by atoms with E-state index in [1.54, 1.807) is 13.8 Å². The van der Waals surface area contributed by atoms with Gasteiger partial charge in [0.25, 0.3) is 5.69 Å². The van der Waals surface area contributed by atoms with Crippen molar-refractivity contribution in [2.75, 3.05) is 6.54 Å². The molecule has 1 aromatic rings. The highest BCUT2D eigenvalue weighted by Gasteiger charge is 2.17. The summed E-state index contributed by atoms with van der Waals surface area (Å²) in [6.45, 7) is 3.55. The monoisotopic (exact) mass is 287 g/mol. The number of nitrogens with zero attached hydrogens (tertiary/aromatic N) is 1. The highest BCUT2D eigenvalue weighted by Crippen LogP contribution is 2.13. The molecular formula is C11H17N3O4S. The van der Waals surface area contributed by atoms with Gasteiger partial charge in [-0.2, -0.15) is 0 Å². The van der Waals surface area contributed by atoms with E-state index >= 15 is 0 Å². The largest absolute Gasteiger partial charge is 0.324 e. The fourth-order valence-corrected chi connectivity index (χ4v) is 2.61. The average Bonchev–Trinajstić information content (AvgIpc) is 2.26. The summed E-state index contributed by atoms with van der Waals surface area (Å²) in [5, 5.41) is 10.5. The number of hydrogen-bond donors (Lipinski definition) is 2. The lowest BCUT2D eigenvalue weighted by molar-refractivity contribution is -0.384. The van der Waals surface area contributed by atoms with E-state index in [0.29, 0.717) is 5.56 Å². The molecule has 0 aliphatic rings. The van der Waals surface area contributed by atoms with E-state index < -0.39 is 20.5 Å². The molecule has 1 rings (SSSR count). The third-order valence-electron chi connectivity index (χ3n) is 2.25. The van der Waals surface area contributed by atoms with E-state index in [9.17, 15) is 18.5 Å². The predicted octanol–water partition coefficient (Wildman–Crippen LogP) is 0.752. The quantitative estimate of drug-likeness (QED) is 0.591. The Morgan fingerprint density at radius 3 is 2.26 bits per heavy atom. The molecule has 3 N–H and O–H groups in total. The zero-order chi connectivity index (χ0) is 14.7. The van der Waals surface area contributed by atoms with Crippen LogP contribution < -0.4 is 10.5 Å². The normalized spacial score (nSPS) is 12.4. The van der Waals surface area contributed by atoms with E-state index in [1.807, 2.05) is 0 Å². The zero-order valence-corrected chi connectivity index (χ0v) is 11.6. The van der Waals surface area contributed by atoms with Crippen LogP contribution in [0.2, 0.25) is 0 Å². The van der Waals surface area contributed by atoms with Crippen LogP contribution in [0, 0.1) is 10.1 Å². The van der Waals surface area contributed by atoms with Crippen molar-refractivity contribution in [1.82, 2.24) is 4.72 Å². The minimum atomic E-state index is -3.50. The van der Waals surface area contributed by atoms with Crippen molar-refractivity contribution >= 4 is 15.7 Å². The Bertz CT molecular complexity index is 546. The topological polar surface area (TPSA) is 115 Å². The van der Waals surface area contributed by atoms with Crippen molar-refractivity contribution in [2.24, 2.45) is 5.73 Å². The van der Waals surface area contributed by atoms with Crippen LogP contribution in [0.4, 0.5) is 5.69 Å². The van der Waals surface area contributed by atoms with Gasteiger partial charge < -0.3 is 5.73 Å². The smallest absolute Gasteiger partial charge is 0.269 e. The number of nitro groups is 1. The number of nitrogens with two attached hydrogens (primary N) is 1. The van der Waals surface area contributed by atoms with Gasteiger partial charge in [0.2, 0.25) is 10.0 Å². The van der Waals surface area contributed by atoms with Gasteiger partial charge in [0.15, 0.2) is 0 Å². The van der Waals surface area contributed by atoms with E-state index in [-0.39, 0.29) is 18.0 Å². The van der Waals surface area contributed by atoms with Gasteiger partial charge in [-0.15, -0.1) is 0 Å². The lowest BCUT2D eigenvalue weighted by atomic mass is 10.1. The molecule has 8 heteroatoms. The second-order valence-electron chi connectivity index (χ2n) is 4.99. The minimum Gasteiger partial charge on any atom is -0.324 e. The maximum atomic E-state index is 11.8. The van der Waals surface area contributed by atoms with Gasteiger partial charge in [-0.3, -0.25) is 10.1 Å². The van der Waals surface area contributed by atoms with Gasteiger partial charge in [0, 0.05) is 24.2 Å². The Kier molecular flexibility index (Phi) is 4.61. The molecule has 0 aliphatic carbocycles. The van der Waals surface area contributed by atoms with Crippen molar-refractivity contribution < 1.29 is 13.3 Å². The first-order chi connectivity index (χ1) is 8.59. The number of nitro benzene ring substituents is 1. The maximum Gasteiger partial charge on any atom is 0.269 e. The van der Waals surface area contributed by atoms with Gasteiger partial charge in [-0.05, 0) is 19.4 Å².